The molecule has 1 spiro atoms. The minimum absolute atomic E-state index is 0.0516. The molecule has 3 aromatic rings. The Bertz CT molecular complexity index is 1080. The molecular formula is C23H28N6O2. The van der Waals surface area contributed by atoms with Gasteiger partial charge >= 0.3 is 0 Å². The Morgan fingerprint density at radius 1 is 1.16 bits per heavy atom. The van der Waals surface area contributed by atoms with Crippen LogP contribution in [0.5, 0.6) is 0 Å². The number of carbonyl (C=O) groups excluding carboxylic acids is 1. The normalized spacial score (nSPS) is 17.9. The largest absolute Gasteiger partial charge is 0.456 e. The Kier molecular flexibility index (Phi) is 4.79. The van der Waals surface area contributed by atoms with E-state index in [0.29, 0.717) is 18.8 Å². The van der Waals surface area contributed by atoms with Crippen molar-refractivity contribution in [2.45, 2.75) is 51.6 Å². The van der Waals surface area contributed by atoms with E-state index in [1.54, 1.807) is 18.5 Å². The Labute approximate surface area is 181 Å². The van der Waals surface area contributed by atoms with Gasteiger partial charge < -0.3 is 14.2 Å². The minimum Gasteiger partial charge on any atom is -0.456 e. The Morgan fingerprint density at radius 2 is 1.90 bits per heavy atom. The van der Waals surface area contributed by atoms with Gasteiger partial charge in [-0.15, -0.1) is 0 Å². The van der Waals surface area contributed by atoms with Crippen molar-refractivity contribution in [3.05, 3.63) is 59.6 Å². The van der Waals surface area contributed by atoms with E-state index >= 15 is 0 Å². The molecule has 8 nitrogen and oxygen atoms in total. The van der Waals surface area contributed by atoms with Gasteiger partial charge in [0.15, 0.2) is 5.76 Å². The molecule has 1 amide bonds. The zero-order chi connectivity index (χ0) is 21.6. The van der Waals surface area contributed by atoms with Crippen LogP contribution in [0.25, 0.3) is 0 Å². The number of furan rings is 1. The molecule has 1 saturated heterocycles. The molecule has 0 atom stereocenters. The third-order valence-electron chi connectivity index (χ3n) is 6.49. The Balaban J connectivity index is 1.46. The standard InChI is InChI=1S/C23H28N6O2/c1-16(2)29-14-18-13-28(21(30)19-6-5-17(3)31-19)15-23(20(18)26-29)7-11-27(12-8-23)22-24-9-4-10-25-22/h4-6,9-10,14,16H,7-8,11-13,15H2,1-3H3. The highest BCUT2D eigenvalue weighted by molar-refractivity contribution is 5.91. The lowest BCUT2D eigenvalue weighted by Crippen LogP contribution is -2.53. The van der Waals surface area contributed by atoms with E-state index < -0.39 is 0 Å². The number of piperidine rings is 1. The summed E-state index contributed by atoms with van der Waals surface area (Å²) in [5.41, 5.74) is 2.12. The fraction of sp³-hybridized carbons (Fsp3) is 0.478. The summed E-state index contributed by atoms with van der Waals surface area (Å²) in [5, 5.41) is 5.00. The summed E-state index contributed by atoms with van der Waals surface area (Å²) in [5.74, 6) is 1.87. The SMILES string of the molecule is Cc1ccc(C(=O)N2Cc3cn(C(C)C)nc3C3(CCN(c4ncccn4)CC3)C2)o1. The summed E-state index contributed by atoms with van der Waals surface area (Å²) in [6.07, 6.45) is 7.47. The maximum absolute atomic E-state index is 13.2. The predicted octanol–water partition coefficient (Wildman–Crippen LogP) is 3.35. The van der Waals surface area contributed by atoms with E-state index in [1.165, 1.54) is 0 Å². The van der Waals surface area contributed by atoms with Crippen molar-refractivity contribution < 1.29 is 9.21 Å². The summed E-state index contributed by atoms with van der Waals surface area (Å²) in [7, 11) is 0. The van der Waals surface area contributed by atoms with Gasteiger partial charge in [-0.05, 0) is 51.8 Å². The molecule has 0 saturated carbocycles. The molecule has 2 aliphatic heterocycles. The number of anilines is 1. The van der Waals surface area contributed by atoms with Crippen LogP contribution in [-0.4, -0.2) is 50.2 Å². The average molecular weight is 421 g/mol. The molecule has 8 heteroatoms. The second-order valence-electron chi connectivity index (χ2n) is 8.96. The monoisotopic (exact) mass is 420 g/mol. The zero-order valence-electron chi connectivity index (χ0n) is 18.3. The second-order valence-corrected chi connectivity index (χ2v) is 8.96. The van der Waals surface area contributed by atoms with Crippen LogP contribution < -0.4 is 4.90 Å². The maximum Gasteiger partial charge on any atom is 0.289 e. The topological polar surface area (TPSA) is 80.3 Å². The number of rotatable bonds is 3. The van der Waals surface area contributed by atoms with Gasteiger partial charge in [0.2, 0.25) is 5.95 Å². The number of hydrogen-bond acceptors (Lipinski definition) is 6. The molecule has 31 heavy (non-hydrogen) atoms. The Hall–Kier alpha value is -3.16. The molecule has 0 bridgehead atoms. The van der Waals surface area contributed by atoms with Crippen LogP contribution in [0.3, 0.4) is 0 Å². The van der Waals surface area contributed by atoms with Crippen molar-refractivity contribution in [1.29, 1.82) is 0 Å². The van der Waals surface area contributed by atoms with Gasteiger partial charge in [0.25, 0.3) is 5.91 Å². The lowest BCUT2D eigenvalue weighted by molar-refractivity contribution is 0.0610. The number of amides is 1. The third-order valence-corrected chi connectivity index (χ3v) is 6.49. The van der Waals surface area contributed by atoms with E-state index in [2.05, 4.69) is 34.9 Å². The van der Waals surface area contributed by atoms with Crippen LogP contribution in [0.2, 0.25) is 0 Å². The van der Waals surface area contributed by atoms with Crippen molar-refractivity contribution >= 4 is 11.9 Å². The summed E-state index contributed by atoms with van der Waals surface area (Å²) < 4.78 is 7.68. The summed E-state index contributed by atoms with van der Waals surface area (Å²) in [6, 6.07) is 5.72. The highest BCUT2D eigenvalue weighted by Crippen LogP contribution is 2.42. The van der Waals surface area contributed by atoms with Crippen LogP contribution >= 0.6 is 0 Å². The summed E-state index contributed by atoms with van der Waals surface area (Å²) >= 11 is 0. The Morgan fingerprint density at radius 3 is 2.55 bits per heavy atom. The van der Waals surface area contributed by atoms with Gasteiger partial charge in [-0.1, -0.05) is 0 Å². The molecule has 0 radical (unpaired) electrons. The first-order valence-electron chi connectivity index (χ1n) is 10.9. The molecule has 0 N–H and O–H groups in total. The smallest absolute Gasteiger partial charge is 0.289 e. The van der Waals surface area contributed by atoms with Gasteiger partial charge in [-0.25, -0.2) is 9.97 Å². The molecule has 0 unspecified atom stereocenters. The van der Waals surface area contributed by atoms with Crippen LogP contribution in [0.1, 0.15) is 60.3 Å². The second kappa shape index (κ2) is 7.51. The maximum atomic E-state index is 13.2. The van der Waals surface area contributed by atoms with Gasteiger partial charge in [0, 0.05) is 61.8 Å². The molecule has 0 aliphatic carbocycles. The molecule has 2 aliphatic rings. The first-order chi connectivity index (χ1) is 14.9. The summed E-state index contributed by atoms with van der Waals surface area (Å²) in [6.45, 7) is 9.01. The lowest BCUT2D eigenvalue weighted by Gasteiger charge is -2.46. The molecule has 5 heterocycles. The minimum atomic E-state index is -0.170. The number of aryl methyl sites for hydroxylation is 1. The van der Waals surface area contributed by atoms with E-state index in [1.807, 2.05) is 28.6 Å². The van der Waals surface area contributed by atoms with Crippen molar-refractivity contribution in [3.8, 4) is 0 Å². The van der Waals surface area contributed by atoms with Crippen molar-refractivity contribution in [2.24, 2.45) is 0 Å². The number of hydrogen-bond donors (Lipinski definition) is 0. The number of nitrogens with zero attached hydrogens (tertiary/aromatic N) is 6. The van der Waals surface area contributed by atoms with Crippen molar-refractivity contribution in [2.75, 3.05) is 24.5 Å². The molecule has 5 rings (SSSR count). The van der Waals surface area contributed by atoms with Crippen LogP contribution in [0, 0.1) is 6.92 Å². The first-order valence-corrected chi connectivity index (χ1v) is 10.9. The van der Waals surface area contributed by atoms with Crippen molar-refractivity contribution in [1.82, 2.24) is 24.6 Å². The highest BCUT2D eigenvalue weighted by atomic mass is 16.3. The van der Waals surface area contributed by atoms with E-state index in [0.717, 1.165) is 48.9 Å². The molecule has 162 valence electrons. The predicted molar refractivity (Wildman–Crippen MR) is 116 cm³/mol. The van der Waals surface area contributed by atoms with Gasteiger partial charge in [-0.3, -0.25) is 9.48 Å². The van der Waals surface area contributed by atoms with Crippen LogP contribution in [0.15, 0.2) is 41.2 Å². The quantitative estimate of drug-likeness (QED) is 0.646. The first kappa shape index (κ1) is 19.8. The zero-order valence-corrected chi connectivity index (χ0v) is 18.3. The number of fused-ring (bicyclic) bond motifs is 2. The fourth-order valence-electron chi connectivity index (χ4n) is 4.79. The van der Waals surface area contributed by atoms with Crippen LogP contribution in [-0.2, 0) is 12.0 Å². The number of carbonyl (C=O) groups is 1. The molecule has 3 aromatic heterocycles. The molecule has 0 aromatic carbocycles. The van der Waals surface area contributed by atoms with E-state index in [-0.39, 0.29) is 17.4 Å². The van der Waals surface area contributed by atoms with Crippen LogP contribution in [0.4, 0.5) is 5.95 Å². The molecular weight excluding hydrogens is 392 g/mol. The third kappa shape index (κ3) is 3.49. The summed E-state index contributed by atoms with van der Waals surface area (Å²) in [4.78, 5) is 26.2. The highest BCUT2D eigenvalue weighted by Gasteiger charge is 2.46. The van der Waals surface area contributed by atoms with E-state index in [4.69, 9.17) is 9.52 Å². The van der Waals surface area contributed by atoms with Gasteiger partial charge in [0.05, 0.1) is 5.69 Å². The van der Waals surface area contributed by atoms with Crippen molar-refractivity contribution in [3.63, 3.8) is 0 Å². The lowest BCUT2D eigenvalue weighted by atomic mass is 9.72. The fourth-order valence-corrected chi connectivity index (χ4v) is 4.79. The van der Waals surface area contributed by atoms with Gasteiger partial charge in [0.1, 0.15) is 5.76 Å². The molecule has 1 fully saturated rings. The van der Waals surface area contributed by atoms with E-state index in [9.17, 15) is 4.79 Å². The number of aromatic nitrogens is 4. The average Bonchev–Trinajstić information content (AvgIpc) is 3.41. The van der Waals surface area contributed by atoms with Gasteiger partial charge in [-0.2, -0.15) is 5.10 Å².